The third-order valence-electron chi connectivity index (χ3n) is 4.66. The molecule has 0 unspecified atom stereocenters. The monoisotopic (exact) mass is 349 g/mol. The molecule has 0 N–H and O–H groups in total. The number of ketones is 1. The highest BCUT2D eigenvalue weighted by atomic mass is 19.3. The van der Waals surface area contributed by atoms with Crippen molar-refractivity contribution in [2.75, 3.05) is 0 Å². The Morgan fingerprint density at radius 2 is 1.92 bits per heavy atom. The molecule has 0 spiro atoms. The second-order valence-corrected chi connectivity index (χ2v) is 6.38. The number of rotatable bonds is 6. The smallest absolute Gasteiger partial charge is 0.255 e. The highest BCUT2D eigenvalue weighted by Crippen LogP contribution is 2.58. The molecule has 6 heteroatoms. The molecule has 25 heavy (non-hydrogen) atoms. The van der Waals surface area contributed by atoms with Crippen LogP contribution < -0.4 is 4.74 Å². The van der Waals surface area contributed by atoms with Crippen molar-refractivity contribution in [1.29, 1.82) is 0 Å². The van der Waals surface area contributed by atoms with Gasteiger partial charge in [-0.3, -0.25) is 4.79 Å². The molecule has 1 heterocycles. The third-order valence-corrected chi connectivity index (χ3v) is 4.66. The summed E-state index contributed by atoms with van der Waals surface area (Å²) in [6.45, 7) is 2.61. The van der Waals surface area contributed by atoms with Crippen LogP contribution in [0.2, 0.25) is 0 Å². The molecule has 1 aliphatic rings. The Labute approximate surface area is 143 Å². The standard InChI is InChI=1S/C19H18F3NO2/c1-3-16(24)12-10-15(20)17(23-11-12)25-14-6-4-13(5-7-14)19(8-9-19)18(2,21)22/h4-7,10-11H,3,8-9H2,1-2H3. The van der Waals surface area contributed by atoms with Crippen molar-refractivity contribution in [1.82, 2.24) is 4.98 Å². The van der Waals surface area contributed by atoms with Gasteiger partial charge in [0.25, 0.3) is 11.8 Å². The molecule has 1 aromatic carbocycles. The summed E-state index contributed by atoms with van der Waals surface area (Å²) in [6, 6.07) is 7.28. The molecule has 0 aliphatic heterocycles. The number of halogens is 3. The second kappa shape index (κ2) is 6.17. The Morgan fingerprint density at radius 1 is 1.28 bits per heavy atom. The van der Waals surface area contributed by atoms with E-state index in [4.69, 9.17) is 4.74 Å². The van der Waals surface area contributed by atoms with Crippen LogP contribution in [0, 0.1) is 5.82 Å². The van der Waals surface area contributed by atoms with E-state index in [0.29, 0.717) is 24.2 Å². The quantitative estimate of drug-likeness (QED) is 0.665. The van der Waals surface area contributed by atoms with Gasteiger partial charge in [-0.2, -0.15) is 0 Å². The Bertz CT molecular complexity index is 793. The molecule has 1 aromatic heterocycles. The maximum absolute atomic E-state index is 14.0. The number of benzene rings is 1. The van der Waals surface area contributed by atoms with Gasteiger partial charge in [-0.15, -0.1) is 0 Å². The molecule has 2 aromatic rings. The number of carbonyl (C=O) groups is 1. The molecule has 0 saturated heterocycles. The van der Waals surface area contributed by atoms with Crippen LogP contribution in [0.25, 0.3) is 0 Å². The molecule has 1 aliphatic carbocycles. The van der Waals surface area contributed by atoms with Gasteiger partial charge >= 0.3 is 0 Å². The van der Waals surface area contributed by atoms with Gasteiger partial charge < -0.3 is 4.74 Å². The lowest BCUT2D eigenvalue weighted by atomic mass is 9.90. The van der Waals surface area contributed by atoms with Crippen molar-refractivity contribution in [3.8, 4) is 11.6 Å². The van der Waals surface area contributed by atoms with Crippen molar-refractivity contribution in [3.05, 3.63) is 53.5 Å². The zero-order valence-corrected chi connectivity index (χ0v) is 14.0. The number of carbonyl (C=O) groups excluding carboxylic acids is 1. The molecule has 3 nitrogen and oxygen atoms in total. The number of nitrogens with zero attached hydrogens (tertiary/aromatic N) is 1. The molecular weight excluding hydrogens is 331 g/mol. The van der Waals surface area contributed by atoms with E-state index < -0.39 is 17.2 Å². The molecule has 0 atom stereocenters. The number of pyridine rings is 1. The molecule has 3 rings (SSSR count). The minimum Gasteiger partial charge on any atom is -0.436 e. The fraction of sp³-hybridized carbons (Fsp3) is 0.368. The SMILES string of the molecule is CCC(=O)c1cnc(Oc2ccc(C3(C(C)(F)F)CC3)cc2)c(F)c1. The Hall–Kier alpha value is -2.37. The van der Waals surface area contributed by atoms with Crippen LogP contribution in [0.3, 0.4) is 0 Å². The summed E-state index contributed by atoms with van der Waals surface area (Å²) in [4.78, 5) is 15.4. The molecular formula is C19H18F3NO2. The first-order valence-electron chi connectivity index (χ1n) is 8.12. The molecule has 0 radical (unpaired) electrons. The van der Waals surface area contributed by atoms with Gasteiger partial charge in [-0.1, -0.05) is 19.1 Å². The van der Waals surface area contributed by atoms with Gasteiger partial charge in [0.05, 0.1) is 5.41 Å². The average molecular weight is 349 g/mol. The maximum atomic E-state index is 14.0. The number of hydrogen-bond acceptors (Lipinski definition) is 3. The minimum atomic E-state index is -2.79. The van der Waals surface area contributed by atoms with E-state index in [2.05, 4.69) is 4.98 Å². The lowest BCUT2D eigenvalue weighted by molar-refractivity contribution is -0.0200. The van der Waals surface area contributed by atoms with Crippen molar-refractivity contribution in [3.63, 3.8) is 0 Å². The summed E-state index contributed by atoms with van der Waals surface area (Å²) >= 11 is 0. The largest absolute Gasteiger partial charge is 0.436 e. The molecule has 1 fully saturated rings. The highest BCUT2D eigenvalue weighted by Gasteiger charge is 2.59. The van der Waals surface area contributed by atoms with Gasteiger partial charge in [0, 0.05) is 25.1 Å². The van der Waals surface area contributed by atoms with E-state index in [1.807, 2.05) is 0 Å². The van der Waals surface area contributed by atoms with Crippen LogP contribution in [0.15, 0.2) is 36.5 Å². The van der Waals surface area contributed by atoms with Crippen LogP contribution in [0.4, 0.5) is 13.2 Å². The zero-order valence-electron chi connectivity index (χ0n) is 14.0. The van der Waals surface area contributed by atoms with Crippen LogP contribution >= 0.6 is 0 Å². The van der Waals surface area contributed by atoms with E-state index in [1.54, 1.807) is 19.1 Å². The van der Waals surface area contributed by atoms with E-state index >= 15 is 0 Å². The first-order chi connectivity index (χ1) is 11.8. The maximum Gasteiger partial charge on any atom is 0.255 e. The molecule has 0 bridgehead atoms. The Balaban J connectivity index is 1.78. The predicted molar refractivity (Wildman–Crippen MR) is 86.9 cm³/mol. The predicted octanol–water partition coefficient (Wildman–Crippen LogP) is 5.29. The topological polar surface area (TPSA) is 39.2 Å². The van der Waals surface area contributed by atoms with Gasteiger partial charge in [-0.05, 0) is 36.6 Å². The van der Waals surface area contributed by atoms with Gasteiger partial charge in [0.2, 0.25) is 0 Å². The fourth-order valence-corrected chi connectivity index (χ4v) is 2.92. The van der Waals surface area contributed by atoms with Gasteiger partial charge in [0.15, 0.2) is 11.6 Å². The Morgan fingerprint density at radius 3 is 2.40 bits per heavy atom. The number of ether oxygens (including phenoxy) is 1. The lowest BCUT2D eigenvalue weighted by Crippen LogP contribution is -2.29. The van der Waals surface area contributed by atoms with Crippen LogP contribution in [0.1, 0.15) is 49.0 Å². The van der Waals surface area contributed by atoms with Crippen molar-refractivity contribution in [2.24, 2.45) is 0 Å². The zero-order chi connectivity index (χ0) is 18.2. The summed E-state index contributed by atoms with van der Waals surface area (Å²) in [7, 11) is 0. The van der Waals surface area contributed by atoms with Crippen molar-refractivity contribution in [2.45, 2.75) is 44.4 Å². The van der Waals surface area contributed by atoms with E-state index in [-0.39, 0.29) is 23.6 Å². The number of Topliss-reactive ketones (excluding diaryl/α,β-unsaturated/α-hetero) is 1. The highest BCUT2D eigenvalue weighted by molar-refractivity contribution is 5.95. The van der Waals surface area contributed by atoms with Crippen LogP contribution in [0.5, 0.6) is 11.6 Å². The molecule has 132 valence electrons. The summed E-state index contributed by atoms with van der Waals surface area (Å²) in [5.74, 6) is -3.72. The van der Waals surface area contributed by atoms with Crippen LogP contribution in [-0.2, 0) is 5.41 Å². The van der Waals surface area contributed by atoms with E-state index in [0.717, 1.165) is 13.0 Å². The number of alkyl halides is 2. The number of aromatic nitrogens is 1. The average Bonchev–Trinajstić information content (AvgIpc) is 3.38. The first kappa shape index (κ1) is 17.5. The minimum absolute atomic E-state index is 0.184. The van der Waals surface area contributed by atoms with Crippen molar-refractivity contribution >= 4 is 5.78 Å². The lowest BCUT2D eigenvalue weighted by Gasteiger charge is -2.23. The normalized spacial score (nSPS) is 15.7. The van der Waals surface area contributed by atoms with Gasteiger partial charge in [0.1, 0.15) is 5.75 Å². The fourth-order valence-electron chi connectivity index (χ4n) is 2.92. The van der Waals surface area contributed by atoms with Crippen LogP contribution in [-0.4, -0.2) is 16.7 Å². The third kappa shape index (κ3) is 3.25. The second-order valence-electron chi connectivity index (χ2n) is 6.38. The summed E-state index contributed by atoms with van der Waals surface area (Å²) in [6.07, 6.45) is 2.40. The molecule has 0 amide bonds. The van der Waals surface area contributed by atoms with Crippen molar-refractivity contribution < 1.29 is 22.7 Å². The summed E-state index contributed by atoms with van der Waals surface area (Å²) in [5.41, 5.74) is -0.370. The first-order valence-corrected chi connectivity index (χ1v) is 8.12. The summed E-state index contributed by atoms with van der Waals surface area (Å²) in [5, 5.41) is 0. The Kier molecular flexibility index (Phi) is 4.31. The van der Waals surface area contributed by atoms with Gasteiger partial charge in [-0.25, -0.2) is 18.2 Å². The molecule has 1 saturated carbocycles. The van der Waals surface area contributed by atoms with E-state index in [1.165, 1.54) is 18.3 Å². The summed E-state index contributed by atoms with van der Waals surface area (Å²) < 4.78 is 46.9. The number of hydrogen-bond donors (Lipinski definition) is 0. The van der Waals surface area contributed by atoms with E-state index in [9.17, 15) is 18.0 Å².